The van der Waals surface area contributed by atoms with E-state index >= 15 is 0 Å². The number of nitriles is 1. The Balaban J connectivity index is 0.000000867. The summed E-state index contributed by atoms with van der Waals surface area (Å²) < 4.78 is 16.3. The summed E-state index contributed by atoms with van der Waals surface area (Å²) in [5, 5.41) is 17.4. The van der Waals surface area contributed by atoms with Gasteiger partial charge in [0.2, 0.25) is 0 Å². The fourth-order valence-electron chi connectivity index (χ4n) is 3.31. The summed E-state index contributed by atoms with van der Waals surface area (Å²) in [6, 6.07) is 8.43. The van der Waals surface area contributed by atoms with Crippen molar-refractivity contribution in [1.82, 2.24) is 9.55 Å². The van der Waals surface area contributed by atoms with Gasteiger partial charge in [0.15, 0.2) is 0 Å². The molecule has 0 saturated heterocycles. The maximum Gasteiger partial charge on any atom is 0.254 e. The monoisotopic (exact) mass is 573 g/mol. The summed E-state index contributed by atoms with van der Waals surface area (Å²) in [7, 11) is 0. The van der Waals surface area contributed by atoms with Crippen LogP contribution in [0.1, 0.15) is 83.5 Å². The van der Waals surface area contributed by atoms with Crippen molar-refractivity contribution in [2.45, 2.75) is 87.3 Å². The quantitative estimate of drug-likeness (QED) is 0.351. The van der Waals surface area contributed by atoms with Gasteiger partial charge in [0.1, 0.15) is 11.6 Å². The normalized spacial score (nSPS) is 12.4. The van der Waals surface area contributed by atoms with Gasteiger partial charge in [-0.3, -0.25) is 9.36 Å². The van der Waals surface area contributed by atoms with E-state index in [9.17, 15) is 14.4 Å². The molecule has 0 amide bonds. The van der Waals surface area contributed by atoms with Gasteiger partial charge in [-0.2, -0.15) is 5.26 Å². The molecule has 42 heavy (non-hydrogen) atoms. The topological polar surface area (TPSA) is 78.9 Å². The molecule has 1 N–H and O–H groups in total. The van der Waals surface area contributed by atoms with Crippen LogP contribution in [0.15, 0.2) is 95.4 Å². The number of hydrogen-bond acceptors (Lipinski definition) is 4. The molecule has 0 bridgehead atoms. The van der Waals surface area contributed by atoms with Crippen molar-refractivity contribution in [2.24, 2.45) is 0 Å². The molecule has 6 heteroatoms. The van der Waals surface area contributed by atoms with Crippen LogP contribution in [0.2, 0.25) is 0 Å². The van der Waals surface area contributed by atoms with Crippen molar-refractivity contribution < 1.29 is 9.50 Å². The Morgan fingerprint density at radius 3 is 2.38 bits per heavy atom. The molecule has 0 radical (unpaired) electrons. The molecular formula is C36H48FN3O2. The first-order chi connectivity index (χ1) is 19.9. The third kappa shape index (κ3) is 15.1. The minimum Gasteiger partial charge on any atom is -0.394 e. The number of hydrogen-bond donors (Lipinski definition) is 1. The van der Waals surface area contributed by atoms with Crippen LogP contribution in [0.4, 0.5) is 4.39 Å². The Bertz CT molecular complexity index is 1380. The zero-order valence-corrected chi connectivity index (χ0v) is 26.6. The molecule has 3 rings (SSSR count). The summed E-state index contributed by atoms with van der Waals surface area (Å²) in [4.78, 5) is 16.4. The smallest absolute Gasteiger partial charge is 0.254 e. The van der Waals surface area contributed by atoms with Crippen molar-refractivity contribution in [3.8, 4) is 6.07 Å². The second-order valence-electron chi connectivity index (χ2n) is 9.89. The molecule has 0 unspecified atom stereocenters. The largest absolute Gasteiger partial charge is 0.394 e. The van der Waals surface area contributed by atoms with E-state index in [1.807, 2.05) is 50.3 Å². The lowest BCUT2D eigenvalue weighted by Gasteiger charge is -2.12. The zero-order chi connectivity index (χ0) is 32.1. The van der Waals surface area contributed by atoms with Crippen LogP contribution in [0.25, 0.3) is 5.57 Å². The standard InChI is InChI=1S/C21H18FN3O.C8H12.C4H10.C3H8O/c1-14-10-21(26)25(15(2)24-14)13-16-8-9-19(20(22)11-16)18-7-5-3-4-6-17(18)12-23;1-4-6-7-8(3)5-2;1-3-4-2;1-3(2)4/h3-4,6-11H,5,13H2,1-2H3;4-7H,2H2,1,3H3;3-4H2,1-2H3;3-4H,1-2H3/b;6-4-,8-7-;;. The maximum absolute atomic E-state index is 14.7. The highest BCUT2D eigenvalue weighted by molar-refractivity contribution is 5.84. The number of aliphatic hydroxyl groups is 1. The second-order valence-corrected chi connectivity index (χ2v) is 9.89. The number of aliphatic hydroxyl groups excluding tert-OH is 1. The van der Waals surface area contributed by atoms with Crippen LogP contribution in [0, 0.1) is 31.0 Å². The van der Waals surface area contributed by atoms with E-state index in [-0.39, 0.29) is 18.2 Å². The Hall–Kier alpha value is -4.08. The lowest BCUT2D eigenvalue weighted by atomic mass is 9.96. The summed E-state index contributed by atoms with van der Waals surface area (Å²) in [6.07, 6.45) is 18.2. The van der Waals surface area contributed by atoms with Crippen LogP contribution in [-0.4, -0.2) is 20.8 Å². The van der Waals surface area contributed by atoms with Crippen molar-refractivity contribution in [1.29, 1.82) is 5.26 Å². The summed E-state index contributed by atoms with van der Waals surface area (Å²) >= 11 is 0. The van der Waals surface area contributed by atoms with E-state index in [1.54, 1.807) is 52.0 Å². The van der Waals surface area contributed by atoms with Gasteiger partial charge in [0.25, 0.3) is 5.56 Å². The van der Waals surface area contributed by atoms with Gasteiger partial charge < -0.3 is 5.11 Å². The third-order valence-corrected chi connectivity index (χ3v) is 5.63. The van der Waals surface area contributed by atoms with Gasteiger partial charge in [-0.05, 0) is 71.2 Å². The lowest BCUT2D eigenvalue weighted by molar-refractivity contribution is 0.216. The number of rotatable bonds is 6. The van der Waals surface area contributed by atoms with Crippen molar-refractivity contribution in [3.05, 3.63) is 129 Å². The van der Waals surface area contributed by atoms with Gasteiger partial charge in [-0.25, -0.2) is 9.37 Å². The number of aryl methyl sites for hydroxylation is 2. The molecule has 1 aliphatic carbocycles. The lowest BCUT2D eigenvalue weighted by Crippen LogP contribution is -2.24. The minimum atomic E-state index is -0.414. The van der Waals surface area contributed by atoms with E-state index in [0.29, 0.717) is 40.2 Å². The first kappa shape index (κ1) is 37.9. The molecule has 0 aliphatic heterocycles. The number of unbranched alkanes of at least 4 members (excludes halogenated alkanes) is 1. The molecule has 0 atom stereocenters. The van der Waals surface area contributed by atoms with Crippen LogP contribution < -0.4 is 5.56 Å². The molecule has 1 heterocycles. The van der Waals surface area contributed by atoms with Crippen LogP contribution in [0.5, 0.6) is 0 Å². The molecule has 0 fully saturated rings. The van der Waals surface area contributed by atoms with E-state index in [2.05, 4.69) is 31.5 Å². The predicted molar refractivity (Wildman–Crippen MR) is 176 cm³/mol. The maximum atomic E-state index is 14.7. The fraction of sp³-hybridized carbons (Fsp3) is 0.361. The molecular weight excluding hydrogens is 525 g/mol. The Labute approximate surface area is 252 Å². The van der Waals surface area contributed by atoms with E-state index < -0.39 is 5.82 Å². The van der Waals surface area contributed by atoms with E-state index in [0.717, 1.165) is 0 Å². The van der Waals surface area contributed by atoms with Crippen molar-refractivity contribution >= 4 is 5.57 Å². The third-order valence-electron chi connectivity index (χ3n) is 5.63. The highest BCUT2D eigenvalue weighted by Crippen LogP contribution is 2.28. The van der Waals surface area contributed by atoms with Crippen LogP contribution in [0.3, 0.4) is 0 Å². The second kappa shape index (κ2) is 21.6. The molecule has 0 saturated carbocycles. The van der Waals surface area contributed by atoms with Gasteiger partial charge in [0.05, 0.1) is 18.2 Å². The Morgan fingerprint density at radius 2 is 1.88 bits per heavy atom. The van der Waals surface area contributed by atoms with Gasteiger partial charge in [0, 0.05) is 23.4 Å². The predicted octanol–water partition coefficient (Wildman–Crippen LogP) is 8.73. The highest BCUT2D eigenvalue weighted by Gasteiger charge is 2.14. The van der Waals surface area contributed by atoms with Crippen LogP contribution >= 0.6 is 0 Å². The fourth-order valence-corrected chi connectivity index (χ4v) is 3.31. The van der Waals surface area contributed by atoms with Crippen LogP contribution in [-0.2, 0) is 6.54 Å². The van der Waals surface area contributed by atoms with E-state index in [1.165, 1.54) is 35.1 Å². The molecule has 2 aromatic rings. The van der Waals surface area contributed by atoms with Crippen molar-refractivity contribution in [2.75, 3.05) is 0 Å². The number of halogens is 1. The SMILES string of the molecule is C=C/C(C)=C\C=C/C.CC(C)O.CCCC.Cc1cc(=O)n(Cc2ccc(C3=CCC=CC=C3C#N)c(F)c2)c(C)n1. The van der Waals surface area contributed by atoms with Gasteiger partial charge in [-0.15, -0.1) is 0 Å². The van der Waals surface area contributed by atoms with Crippen molar-refractivity contribution in [3.63, 3.8) is 0 Å². The summed E-state index contributed by atoms with van der Waals surface area (Å²) in [6.45, 7) is 19.2. The molecule has 1 aliphatic rings. The number of aromatic nitrogens is 2. The summed E-state index contributed by atoms with van der Waals surface area (Å²) in [5.41, 5.74) is 3.77. The number of allylic oxidation sites excluding steroid dienone is 11. The molecule has 1 aromatic heterocycles. The van der Waals surface area contributed by atoms with Gasteiger partial charge >= 0.3 is 0 Å². The number of nitrogens with zero attached hydrogens (tertiary/aromatic N) is 3. The highest BCUT2D eigenvalue weighted by atomic mass is 19.1. The first-order valence-electron chi connectivity index (χ1n) is 14.4. The average molecular weight is 574 g/mol. The summed E-state index contributed by atoms with van der Waals surface area (Å²) in [5.74, 6) is 0.175. The number of benzene rings is 1. The van der Waals surface area contributed by atoms with Gasteiger partial charge in [-0.1, -0.05) is 93.5 Å². The average Bonchev–Trinajstić information content (AvgIpc) is 3.19. The Morgan fingerprint density at radius 1 is 1.24 bits per heavy atom. The molecule has 5 nitrogen and oxygen atoms in total. The molecule has 1 aromatic carbocycles. The van der Waals surface area contributed by atoms with E-state index in [4.69, 9.17) is 5.11 Å². The molecule has 0 spiro atoms. The zero-order valence-electron chi connectivity index (χ0n) is 26.6. The molecule has 226 valence electrons. The first-order valence-corrected chi connectivity index (χ1v) is 14.4. The Kier molecular flexibility index (Phi) is 19.5. The minimum absolute atomic E-state index is 0.160.